The monoisotopic (exact) mass is 406 g/mol. The lowest BCUT2D eigenvalue weighted by molar-refractivity contribution is -0.132. The van der Waals surface area contributed by atoms with Gasteiger partial charge in [-0.05, 0) is 42.3 Å². The Morgan fingerprint density at radius 2 is 1.73 bits per heavy atom. The van der Waals surface area contributed by atoms with Crippen LogP contribution < -0.4 is 10.1 Å². The number of nitrogens with zero attached hydrogens (tertiary/aromatic N) is 1. The van der Waals surface area contributed by atoms with Crippen LogP contribution in [-0.4, -0.2) is 41.2 Å². The molecular formula is C23H22N2O5. The summed E-state index contributed by atoms with van der Waals surface area (Å²) in [5, 5.41) is 12.9. The summed E-state index contributed by atoms with van der Waals surface area (Å²) in [6.45, 7) is 1.34. The summed E-state index contributed by atoms with van der Waals surface area (Å²) in [6.07, 6.45) is 0.404. The summed E-state index contributed by atoms with van der Waals surface area (Å²) in [5.41, 5.74) is 0.872. The van der Waals surface area contributed by atoms with Gasteiger partial charge in [0, 0.05) is 0 Å². The fourth-order valence-corrected chi connectivity index (χ4v) is 3.42. The summed E-state index contributed by atoms with van der Waals surface area (Å²) >= 11 is 0. The Balaban J connectivity index is 1.34. The number of imide groups is 1. The van der Waals surface area contributed by atoms with Crippen LogP contribution in [0.1, 0.15) is 12.7 Å². The van der Waals surface area contributed by atoms with E-state index in [1.807, 2.05) is 54.6 Å². The molecule has 0 radical (unpaired) electrons. The van der Waals surface area contributed by atoms with Gasteiger partial charge in [-0.3, -0.25) is 9.69 Å². The van der Waals surface area contributed by atoms with E-state index in [0.717, 1.165) is 16.0 Å². The highest BCUT2D eigenvalue weighted by Crippen LogP contribution is 2.29. The second-order valence-corrected chi connectivity index (χ2v) is 7.30. The van der Waals surface area contributed by atoms with Crippen LogP contribution >= 0.6 is 0 Å². The third-order valence-corrected chi connectivity index (χ3v) is 5.09. The summed E-state index contributed by atoms with van der Waals surface area (Å²) in [5.74, 6) is 0.452. The van der Waals surface area contributed by atoms with Crippen molar-refractivity contribution in [2.24, 2.45) is 0 Å². The second-order valence-electron chi connectivity index (χ2n) is 7.30. The van der Waals surface area contributed by atoms with E-state index in [4.69, 9.17) is 9.15 Å². The van der Waals surface area contributed by atoms with Gasteiger partial charge in [-0.15, -0.1) is 0 Å². The SMILES string of the molecule is C[C@@]1(c2ccco2)NC(=O)N(C[C@@H](O)COc2ccc(-c3ccccc3)cc2)C1=O. The lowest BCUT2D eigenvalue weighted by atomic mass is 9.99. The molecule has 154 valence electrons. The van der Waals surface area contributed by atoms with Crippen LogP contribution in [0.2, 0.25) is 0 Å². The lowest BCUT2D eigenvalue weighted by Crippen LogP contribution is -2.42. The number of rotatable bonds is 7. The molecule has 1 aromatic heterocycles. The van der Waals surface area contributed by atoms with Crippen molar-refractivity contribution >= 4 is 11.9 Å². The first kappa shape index (κ1) is 19.7. The molecule has 7 nitrogen and oxygen atoms in total. The van der Waals surface area contributed by atoms with Crippen molar-refractivity contribution in [3.63, 3.8) is 0 Å². The van der Waals surface area contributed by atoms with Crippen molar-refractivity contribution in [2.75, 3.05) is 13.2 Å². The van der Waals surface area contributed by atoms with Crippen molar-refractivity contribution < 1.29 is 23.8 Å². The average molecular weight is 406 g/mol. The highest BCUT2D eigenvalue weighted by atomic mass is 16.5. The third-order valence-electron chi connectivity index (χ3n) is 5.09. The predicted molar refractivity (Wildman–Crippen MR) is 110 cm³/mol. The molecule has 2 atom stereocenters. The van der Waals surface area contributed by atoms with E-state index in [1.54, 1.807) is 19.1 Å². The molecule has 0 spiro atoms. The van der Waals surface area contributed by atoms with Gasteiger partial charge in [0.1, 0.15) is 24.2 Å². The number of amides is 3. The minimum atomic E-state index is -1.28. The quantitative estimate of drug-likeness (QED) is 0.588. The molecule has 1 aliphatic heterocycles. The Labute approximate surface area is 173 Å². The number of hydrogen-bond donors (Lipinski definition) is 2. The minimum absolute atomic E-state index is 0.0563. The van der Waals surface area contributed by atoms with E-state index < -0.39 is 23.6 Å². The number of aliphatic hydroxyl groups excluding tert-OH is 1. The summed E-state index contributed by atoms with van der Waals surface area (Å²) in [4.78, 5) is 26.0. The molecule has 2 N–H and O–H groups in total. The summed E-state index contributed by atoms with van der Waals surface area (Å²) < 4.78 is 10.9. The number of carbonyl (C=O) groups is 2. The van der Waals surface area contributed by atoms with Crippen LogP contribution in [0.5, 0.6) is 5.75 Å². The van der Waals surface area contributed by atoms with Gasteiger partial charge < -0.3 is 19.6 Å². The number of urea groups is 1. The van der Waals surface area contributed by atoms with Crippen molar-refractivity contribution in [1.29, 1.82) is 0 Å². The van der Waals surface area contributed by atoms with E-state index >= 15 is 0 Å². The zero-order chi connectivity index (χ0) is 21.1. The van der Waals surface area contributed by atoms with Crippen LogP contribution in [0.4, 0.5) is 4.79 Å². The maximum Gasteiger partial charge on any atom is 0.325 e. The number of hydrogen-bond acceptors (Lipinski definition) is 5. The molecular weight excluding hydrogens is 384 g/mol. The molecule has 1 fully saturated rings. The van der Waals surface area contributed by atoms with Gasteiger partial charge in [-0.2, -0.15) is 0 Å². The number of carbonyl (C=O) groups excluding carboxylic acids is 2. The molecule has 1 saturated heterocycles. The molecule has 1 aliphatic rings. The average Bonchev–Trinajstić information content (AvgIpc) is 3.38. The molecule has 3 amide bonds. The molecule has 2 heterocycles. The predicted octanol–water partition coefficient (Wildman–Crippen LogP) is 3.15. The number of ether oxygens (including phenoxy) is 1. The minimum Gasteiger partial charge on any atom is -0.491 e. The van der Waals surface area contributed by atoms with Crippen molar-refractivity contribution in [3.05, 3.63) is 78.8 Å². The Bertz CT molecular complexity index is 1020. The lowest BCUT2D eigenvalue weighted by Gasteiger charge is -2.21. The number of β-amino-alcohol motifs (C(OH)–C–C–N with tert-alkyl or cyclic N) is 1. The van der Waals surface area contributed by atoms with Gasteiger partial charge >= 0.3 is 6.03 Å². The Morgan fingerprint density at radius 3 is 2.40 bits per heavy atom. The molecule has 0 bridgehead atoms. The molecule has 0 saturated carbocycles. The molecule has 0 unspecified atom stereocenters. The molecule has 0 aliphatic carbocycles. The normalized spacial score (nSPS) is 19.6. The van der Waals surface area contributed by atoms with E-state index in [1.165, 1.54) is 6.26 Å². The molecule has 3 aromatic rings. The van der Waals surface area contributed by atoms with E-state index in [2.05, 4.69) is 5.32 Å². The Hall–Kier alpha value is -3.58. The largest absolute Gasteiger partial charge is 0.491 e. The number of aliphatic hydroxyl groups is 1. The Kier molecular flexibility index (Phi) is 5.29. The number of nitrogens with one attached hydrogen (secondary N) is 1. The fourth-order valence-electron chi connectivity index (χ4n) is 3.42. The first-order chi connectivity index (χ1) is 14.5. The van der Waals surface area contributed by atoms with Crippen LogP contribution in [0.25, 0.3) is 11.1 Å². The number of furan rings is 1. The van der Waals surface area contributed by atoms with Crippen LogP contribution in [0, 0.1) is 0 Å². The second kappa shape index (κ2) is 8.04. The first-order valence-corrected chi connectivity index (χ1v) is 9.62. The van der Waals surface area contributed by atoms with Gasteiger partial charge in [0.05, 0.1) is 12.8 Å². The van der Waals surface area contributed by atoms with Gasteiger partial charge in [-0.25, -0.2) is 4.79 Å². The van der Waals surface area contributed by atoms with Gasteiger partial charge in [0.15, 0.2) is 5.54 Å². The van der Waals surface area contributed by atoms with Gasteiger partial charge in [0.25, 0.3) is 5.91 Å². The fraction of sp³-hybridized carbons (Fsp3) is 0.217. The molecule has 30 heavy (non-hydrogen) atoms. The maximum atomic E-state index is 12.7. The highest BCUT2D eigenvalue weighted by Gasteiger charge is 2.51. The van der Waals surface area contributed by atoms with Gasteiger partial charge in [-0.1, -0.05) is 42.5 Å². The van der Waals surface area contributed by atoms with E-state index in [9.17, 15) is 14.7 Å². The Morgan fingerprint density at radius 1 is 1.03 bits per heavy atom. The standard InChI is InChI=1S/C23H22N2O5/c1-23(20-8-5-13-29-20)21(27)25(22(28)24-23)14-18(26)15-30-19-11-9-17(10-12-19)16-6-3-2-4-7-16/h2-13,18,26H,14-15H2,1H3,(H,24,28)/t18-,23+/m1/s1. The van der Waals surface area contributed by atoms with Crippen LogP contribution in [-0.2, 0) is 10.3 Å². The van der Waals surface area contributed by atoms with Crippen molar-refractivity contribution in [3.8, 4) is 16.9 Å². The molecule has 4 rings (SSSR count). The first-order valence-electron chi connectivity index (χ1n) is 9.62. The molecule has 2 aromatic carbocycles. The van der Waals surface area contributed by atoms with E-state index in [-0.39, 0.29) is 13.2 Å². The van der Waals surface area contributed by atoms with Crippen LogP contribution in [0.3, 0.4) is 0 Å². The summed E-state index contributed by atoms with van der Waals surface area (Å²) in [7, 11) is 0. The maximum absolute atomic E-state index is 12.7. The zero-order valence-corrected chi connectivity index (χ0v) is 16.4. The van der Waals surface area contributed by atoms with Crippen molar-refractivity contribution in [2.45, 2.75) is 18.6 Å². The van der Waals surface area contributed by atoms with Crippen molar-refractivity contribution in [1.82, 2.24) is 10.2 Å². The van der Waals surface area contributed by atoms with Crippen LogP contribution in [0.15, 0.2) is 77.4 Å². The van der Waals surface area contributed by atoms with E-state index in [0.29, 0.717) is 11.5 Å². The smallest absolute Gasteiger partial charge is 0.325 e. The number of benzene rings is 2. The van der Waals surface area contributed by atoms with Gasteiger partial charge in [0.2, 0.25) is 0 Å². The zero-order valence-electron chi connectivity index (χ0n) is 16.4. The topological polar surface area (TPSA) is 92.0 Å². The summed E-state index contributed by atoms with van der Waals surface area (Å²) in [6, 6.07) is 20.2. The third kappa shape index (κ3) is 3.79. The molecule has 7 heteroatoms. The highest BCUT2D eigenvalue weighted by molar-refractivity contribution is 6.06.